The van der Waals surface area contributed by atoms with Crippen molar-refractivity contribution >= 4 is 5.78 Å². The molecule has 1 nitrogen and oxygen atoms in total. The minimum atomic E-state index is 0.204. The molecule has 0 amide bonds. The van der Waals surface area contributed by atoms with Crippen LogP contribution in [0.15, 0.2) is 0 Å². The molecule has 1 heteroatoms. The van der Waals surface area contributed by atoms with Gasteiger partial charge in [-0.3, -0.25) is 4.79 Å². The summed E-state index contributed by atoms with van der Waals surface area (Å²) in [5, 5.41) is 0. The van der Waals surface area contributed by atoms with E-state index in [-0.39, 0.29) is 11.3 Å². The monoisotopic (exact) mass is 184 g/mol. The van der Waals surface area contributed by atoms with E-state index >= 15 is 0 Å². The molecule has 0 aliphatic carbocycles. The van der Waals surface area contributed by atoms with E-state index in [1.54, 1.807) is 0 Å². The highest BCUT2D eigenvalue weighted by Crippen LogP contribution is 2.28. The highest BCUT2D eigenvalue weighted by Gasteiger charge is 2.23. The van der Waals surface area contributed by atoms with Crippen molar-refractivity contribution in [1.29, 1.82) is 0 Å². The Labute approximate surface area is 82.9 Å². The number of hydrogen-bond acceptors (Lipinski definition) is 1. The highest BCUT2D eigenvalue weighted by molar-refractivity contribution is 5.81. The summed E-state index contributed by atoms with van der Waals surface area (Å²) in [4.78, 5) is 11.7. The number of ketones is 1. The maximum absolute atomic E-state index is 11.7. The lowest BCUT2D eigenvalue weighted by Gasteiger charge is -2.24. The minimum Gasteiger partial charge on any atom is -0.299 e. The van der Waals surface area contributed by atoms with Crippen LogP contribution in [0.2, 0.25) is 0 Å². The van der Waals surface area contributed by atoms with Crippen LogP contribution in [-0.4, -0.2) is 5.78 Å². The molecule has 0 N–H and O–H groups in total. The zero-order valence-electron chi connectivity index (χ0n) is 9.81. The van der Waals surface area contributed by atoms with Crippen LogP contribution >= 0.6 is 0 Å². The van der Waals surface area contributed by atoms with E-state index in [4.69, 9.17) is 0 Å². The first-order valence-electron chi connectivity index (χ1n) is 5.45. The molecule has 0 aliphatic heterocycles. The molecule has 1 unspecified atom stereocenters. The van der Waals surface area contributed by atoms with E-state index in [0.717, 1.165) is 19.3 Å². The molecular weight excluding hydrogens is 160 g/mol. The normalized spacial score (nSPS) is 14.2. The number of carbonyl (C=O) groups excluding carboxylic acids is 1. The predicted molar refractivity (Wildman–Crippen MR) is 57.8 cm³/mol. The second-order valence-electron chi connectivity index (χ2n) is 4.87. The van der Waals surface area contributed by atoms with Crippen LogP contribution in [0.4, 0.5) is 0 Å². The van der Waals surface area contributed by atoms with E-state index in [1.807, 2.05) is 6.92 Å². The van der Waals surface area contributed by atoms with Crippen molar-refractivity contribution < 1.29 is 4.79 Å². The van der Waals surface area contributed by atoms with Gasteiger partial charge in [-0.05, 0) is 18.3 Å². The molecule has 0 rings (SSSR count). The Morgan fingerprint density at radius 3 is 2.23 bits per heavy atom. The number of rotatable bonds is 6. The molecule has 0 heterocycles. The third-order valence-corrected chi connectivity index (χ3v) is 2.74. The van der Waals surface area contributed by atoms with Gasteiger partial charge in [-0.25, -0.2) is 0 Å². The molecule has 13 heavy (non-hydrogen) atoms. The lowest BCUT2D eigenvalue weighted by atomic mass is 9.80. The van der Waals surface area contributed by atoms with Gasteiger partial charge >= 0.3 is 0 Å². The van der Waals surface area contributed by atoms with Crippen LogP contribution in [-0.2, 0) is 4.79 Å². The molecule has 0 aromatic carbocycles. The number of hydrogen-bond donors (Lipinski definition) is 0. The van der Waals surface area contributed by atoms with Crippen molar-refractivity contribution in [3.05, 3.63) is 0 Å². The number of Topliss-reactive ketones (excluding diaryl/α,β-unsaturated/α-hetero) is 1. The Morgan fingerprint density at radius 1 is 1.31 bits per heavy atom. The van der Waals surface area contributed by atoms with Gasteiger partial charge in [0.2, 0.25) is 0 Å². The Hall–Kier alpha value is -0.330. The summed E-state index contributed by atoms with van der Waals surface area (Å²) >= 11 is 0. The third kappa shape index (κ3) is 5.07. The van der Waals surface area contributed by atoms with Gasteiger partial charge in [0.1, 0.15) is 5.78 Å². The van der Waals surface area contributed by atoms with Gasteiger partial charge in [0.15, 0.2) is 0 Å². The van der Waals surface area contributed by atoms with Gasteiger partial charge in [0.05, 0.1) is 0 Å². The predicted octanol–water partition coefficient (Wildman–Crippen LogP) is 3.82. The summed E-state index contributed by atoms with van der Waals surface area (Å²) < 4.78 is 0. The third-order valence-electron chi connectivity index (χ3n) is 2.74. The maximum Gasteiger partial charge on any atom is 0.136 e. The summed E-state index contributed by atoms with van der Waals surface area (Å²) in [7, 11) is 0. The average Bonchev–Trinajstić information content (AvgIpc) is 2.01. The van der Waals surface area contributed by atoms with Gasteiger partial charge in [-0.2, -0.15) is 0 Å². The maximum atomic E-state index is 11.7. The molecule has 0 aromatic rings. The summed E-state index contributed by atoms with van der Waals surface area (Å²) in [5.41, 5.74) is 0.204. The lowest BCUT2D eigenvalue weighted by Crippen LogP contribution is -2.21. The van der Waals surface area contributed by atoms with Crippen LogP contribution in [0, 0.1) is 11.3 Å². The van der Waals surface area contributed by atoms with Gasteiger partial charge < -0.3 is 0 Å². The standard InChI is InChI=1S/C12H24O/c1-6-8-12(4,5)9-11(13)10(3)7-2/h10H,6-9H2,1-5H3. The SMILES string of the molecule is CCCC(C)(C)CC(=O)C(C)CC. The molecule has 0 saturated carbocycles. The Morgan fingerprint density at radius 2 is 1.85 bits per heavy atom. The van der Waals surface area contributed by atoms with Crippen molar-refractivity contribution in [2.75, 3.05) is 0 Å². The zero-order valence-corrected chi connectivity index (χ0v) is 9.81. The second-order valence-corrected chi connectivity index (χ2v) is 4.87. The van der Waals surface area contributed by atoms with Crippen molar-refractivity contribution in [2.45, 2.75) is 60.3 Å². The summed E-state index contributed by atoms with van der Waals surface area (Å²) in [6.07, 6.45) is 4.03. The van der Waals surface area contributed by atoms with Crippen LogP contribution < -0.4 is 0 Å². The van der Waals surface area contributed by atoms with Crippen LogP contribution in [0.3, 0.4) is 0 Å². The molecule has 0 bridgehead atoms. The summed E-state index contributed by atoms with van der Waals surface area (Å²) in [6, 6.07) is 0. The first-order valence-corrected chi connectivity index (χ1v) is 5.45. The molecular formula is C12H24O. The lowest BCUT2D eigenvalue weighted by molar-refractivity contribution is -0.124. The van der Waals surface area contributed by atoms with Crippen molar-refractivity contribution in [3.63, 3.8) is 0 Å². The highest BCUT2D eigenvalue weighted by atomic mass is 16.1. The smallest absolute Gasteiger partial charge is 0.136 e. The van der Waals surface area contributed by atoms with Gasteiger partial charge in [0.25, 0.3) is 0 Å². The Kier molecular flexibility index (Phi) is 5.27. The van der Waals surface area contributed by atoms with Crippen molar-refractivity contribution in [1.82, 2.24) is 0 Å². The van der Waals surface area contributed by atoms with Gasteiger partial charge in [-0.1, -0.05) is 41.0 Å². The molecule has 0 spiro atoms. The van der Waals surface area contributed by atoms with E-state index in [2.05, 4.69) is 27.7 Å². The van der Waals surface area contributed by atoms with E-state index in [1.165, 1.54) is 6.42 Å². The van der Waals surface area contributed by atoms with E-state index < -0.39 is 0 Å². The number of carbonyl (C=O) groups is 1. The topological polar surface area (TPSA) is 17.1 Å². The molecule has 0 saturated heterocycles. The fourth-order valence-corrected chi connectivity index (χ4v) is 1.64. The quantitative estimate of drug-likeness (QED) is 0.613. The first-order chi connectivity index (χ1) is 5.93. The van der Waals surface area contributed by atoms with Crippen molar-refractivity contribution in [2.24, 2.45) is 11.3 Å². The summed E-state index contributed by atoms with van der Waals surface area (Å²) in [6.45, 7) is 10.7. The Balaban J connectivity index is 4.03. The second kappa shape index (κ2) is 5.41. The molecule has 0 radical (unpaired) electrons. The molecule has 0 aliphatic rings. The molecule has 78 valence electrons. The molecule has 0 aromatic heterocycles. The fraction of sp³-hybridized carbons (Fsp3) is 0.917. The van der Waals surface area contributed by atoms with E-state index in [9.17, 15) is 4.79 Å². The van der Waals surface area contributed by atoms with Crippen LogP contribution in [0.5, 0.6) is 0 Å². The average molecular weight is 184 g/mol. The molecule has 0 fully saturated rings. The van der Waals surface area contributed by atoms with Gasteiger partial charge in [-0.15, -0.1) is 0 Å². The molecule has 1 atom stereocenters. The fourth-order valence-electron chi connectivity index (χ4n) is 1.64. The van der Waals surface area contributed by atoms with Crippen molar-refractivity contribution in [3.8, 4) is 0 Å². The van der Waals surface area contributed by atoms with E-state index in [0.29, 0.717) is 5.78 Å². The summed E-state index contributed by atoms with van der Waals surface area (Å²) in [5.74, 6) is 0.678. The zero-order chi connectivity index (χ0) is 10.5. The van der Waals surface area contributed by atoms with Gasteiger partial charge in [0, 0.05) is 12.3 Å². The first kappa shape index (κ1) is 12.7. The Bertz CT molecular complexity index is 159. The van der Waals surface area contributed by atoms with Crippen LogP contribution in [0.25, 0.3) is 0 Å². The largest absolute Gasteiger partial charge is 0.299 e. The van der Waals surface area contributed by atoms with Crippen LogP contribution in [0.1, 0.15) is 60.3 Å². The minimum absolute atomic E-state index is 0.204.